The molecule has 0 saturated heterocycles. The van der Waals surface area contributed by atoms with E-state index >= 15 is 0 Å². The highest BCUT2D eigenvalue weighted by Crippen LogP contribution is 1.98. The maximum atomic E-state index is 8.74. The fraction of sp³-hybridized carbons (Fsp3) is 0.333. The summed E-state index contributed by atoms with van der Waals surface area (Å²) in [6.07, 6.45) is 0. The van der Waals surface area contributed by atoms with Crippen LogP contribution in [0.3, 0.4) is 0 Å². The molecule has 0 fully saturated rings. The molecule has 0 aliphatic rings. The summed E-state index contributed by atoms with van der Waals surface area (Å²) in [4.78, 5) is 14.3. The summed E-state index contributed by atoms with van der Waals surface area (Å²) in [6.45, 7) is 6.00. The van der Waals surface area contributed by atoms with Crippen molar-refractivity contribution in [3.8, 4) is 0 Å². The Morgan fingerprint density at radius 2 is 1.38 bits per heavy atom. The molecular weight excluding hydrogens is 129 g/mol. The second-order valence-corrected chi connectivity index (χ2v) is 0.848. The van der Waals surface area contributed by atoms with E-state index in [1.54, 1.807) is 0 Å². The van der Waals surface area contributed by atoms with Crippen molar-refractivity contribution < 1.29 is 14.4 Å². The molecule has 0 bridgehead atoms. The van der Waals surface area contributed by atoms with Gasteiger partial charge in [0.05, 0.1) is 0 Å². The lowest BCUT2D eigenvalue weighted by Gasteiger charge is -1.61. The Labute approximate surface area is 49.6 Å². The lowest BCUT2D eigenvalue weighted by Crippen LogP contribution is -1.69. The molecule has 0 aliphatic carbocycles. The molecule has 0 atom stereocenters. The molecule has 4 N–H and O–H groups in total. The first kappa shape index (κ1) is 15.7. The van der Waals surface area contributed by atoms with Gasteiger partial charge in [-0.1, -0.05) is 0 Å². The molecule has 0 heterocycles. The molecular formula is C3H12NO3P. The van der Waals surface area contributed by atoms with Crippen molar-refractivity contribution in [3.05, 3.63) is 13.2 Å². The third-order valence-electron chi connectivity index (χ3n) is 0. The van der Waals surface area contributed by atoms with E-state index in [4.69, 9.17) is 14.4 Å². The number of nitrogens with two attached hydrogens (primary N) is 1. The summed E-state index contributed by atoms with van der Waals surface area (Å²) in [5, 5.41) is 0. The second kappa shape index (κ2) is 28.9. The van der Waals surface area contributed by atoms with Crippen molar-refractivity contribution in [2.24, 2.45) is 5.73 Å². The van der Waals surface area contributed by atoms with Crippen molar-refractivity contribution in [1.29, 1.82) is 0 Å². The molecule has 4 nitrogen and oxygen atoms in total. The van der Waals surface area contributed by atoms with Crippen LogP contribution in [0, 0.1) is 0 Å². The van der Waals surface area contributed by atoms with Gasteiger partial charge in [0.25, 0.3) is 0 Å². The Morgan fingerprint density at radius 1 is 1.38 bits per heavy atom. The van der Waals surface area contributed by atoms with Crippen molar-refractivity contribution in [2.45, 2.75) is 0 Å². The maximum Gasteiger partial charge on any atom is 0.314 e. The monoisotopic (exact) mass is 141 g/mol. The van der Waals surface area contributed by atoms with Gasteiger partial charge in [-0.25, -0.2) is 0 Å². The van der Waals surface area contributed by atoms with E-state index in [-0.39, 0.29) is 0 Å². The van der Waals surface area contributed by atoms with Gasteiger partial charge >= 0.3 is 8.25 Å². The fourth-order valence-electron chi connectivity index (χ4n) is 0. The minimum Gasteiger partial charge on any atom is -0.333 e. The Balaban J connectivity index is -0.0000000542. The van der Waals surface area contributed by atoms with E-state index in [2.05, 4.69) is 18.9 Å². The zero-order valence-electron chi connectivity index (χ0n) is 4.79. The third-order valence-corrected chi connectivity index (χ3v) is 0. The highest BCUT2D eigenvalue weighted by atomic mass is 31.1. The van der Waals surface area contributed by atoms with Crippen LogP contribution < -0.4 is 5.73 Å². The predicted octanol–water partition coefficient (Wildman–Crippen LogP) is -0.262. The quantitative estimate of drug-likeness (QED) is 0.320. The van der Waals surface area contributed by atoms with Gasteiger partial charge in [-0.3, -0.25) is 4.57 Å². The Bertz CT molecular complexity index is 45.8. The molecule has 0 spiro atoms. The van der Waals surface area contributed by atoms with Crippen molar-refractivity contribution in [3.63, 3.8) is 0 Å². The van der Waals surface area contributed by atoms with E-state index in [1.807, 2.05) is 0 Å². The lowest BCUT2D eigenvalue weighted by atomic mass is 11.3. The van der Waals surface area contributed by atoms with Crippen LogP contribution >= 0.6 is 8.25 Å². The maximum absolute atomic E-state index is 8.74. The largest absolute Gasteiger partial charge is 0.333 e. The minimum atomic E-state index is -3.13. The van der Waals surface area contributed by atoms with Gasteiger partial charge < -0.3 is 15.5 Å². The van der Waals surface area contributed by atoms with Crippen LogP contribution in [0.5, 0.6) is 0 Å². The Morgan fingerprint density at radius 3 is 1.38 bits per heavy atom. The zero-order chi connectivity index (χ0) is 7.58. The predicted molar refractivity (Wildman–Crippen MR) is 34.8 cm³/mol. The van der Waals surface area contributed by atoms with Gasteiger partial charge in [0.15, 0.2) is 0 Å². The van der Waals surface area contributed by atoms with Crippen LogP contribution in [0.2, 0.25) is 0 Å². The van der Waals surface area contributed by atoms with Gasteiger partial charge in [0.1, 0.15) is 0 Å². The molecule has 0 unspecified atom stereocenters. The van der Waals surface area contributed by atoms with E-state index in [0.29, 0.717) is 0 Å². The molecule has 0 aromatic heterocycles. The van der Waals surface area contributed by atoms with Gasteiger partial charge in [-0.15, -0.1) is 13.2 Å². The molecule has 52 valence electrons. The minimum absolute atomic E-state index is 1.50. The van der Waals surface area contributed by atoms with E-state index < -0.39 is 8.25 Å². The smallest absolute Gasteiger partial charge is 0.314 e. The molecule has 5 heteroatoms. The van der Waals surface area contributed by atoms with Crippen LogP contribution in [0.15, 0.2) is 13.2 Å². The van der Waals surface area contributed by atoms with Crippen molar-refractivity contribution >= 4 is 8.25 Å². The van der Waals surface area contributed by atoms with Crippen LogP contribution in [-0.4, -0.2) is 16.8 Å². The zero-order valence-corrected chi connectivity index (χ0v) is 5.79. The Hall–Kier alpha value is -0.150. The highest BCUT2D eigenvalue weighted by Gasteiger charge is 1.61. The van der Waals surface area contributed by atoms with Crippen molar-refractivity contribution in [2.75, 3.05) is 7.05 Å². The third kappa shape index (κ3) is 6120. The molecule has 0 saturated carbocycles. The second-order valence-electron chi connectivity index (χ2n) is 0.283. The molecule has 0 aromatic rings. The molecule has 0 amide bonds. The average molecular weight is 141 g/mol. The first-order valence-corrected chi connectivity index (χ1v) is 3.03. The summed E-state index contributed by atoms with van der Waals surface area (Å²) in [6, 6.07) is 0. The lowest BCUT2D eigenvalue weighted by molar-refractivity contribution is 0.405. The first-order chi connectivity index (χ1) is 3.73. The van der Waals surface area contributed by atoms with Gasteiger partial charge in [-0.05, 0) is 7.05 Å². The summed E-state index contributed by atoms with van der Waals surface area (Å²) in [5.41, 5.74) is 4.50. The summed E-state index contributed by atoms with van der Waals surface area (Å²) in [5.74, 6) is 0. The van der Waals surface area contributed by atoms with Crippen molar-refractivity contribution in [1.82, 2.24) is 0 Å². The first-order valence-electron chi connectivity index (χ1n) is 1.73. The average Bonchev–Trinajstić information content (AvgIpc) is 1.75. The molecule has 0 aromatic carbocycles. The molecule has 8 heavy (non-hydrogen) atoms. The number of hydrogen-bond donors (Lipinski definition) is 3. The number of hydrogen-bond acceptors (Lipinski definition) is 2. The summed E-state index contributed by atoms with van der Waals surface area (Å²) in [7, 11) is -1.63. The van der Waals surface area contributed by atoms with E-state index in [0.717, 1.165) is 0 Å². The van der Waals surface area contributed by atoms with Gasteiger partial charge in [0, 0.05) is 0 Å². The van der Waals surface area contributed by atoms with E-state index in [1.165, 1.54) is 7.05 Å². The molecule has 0 aliphatic heterocycles. The van der Waals surface area contributed by atoms with Gasteiger partial charge in [0.2, 0.25) is 0 Å². The highest BCUT2D eigenvalue weighted by molar-refractivity contribution is 7.30. The Kier molecular flexibility index (Phi) is 56.5. The van der Waals surface area contributed by atoms with Crippen LogP contribution in [0.1, 0.15) is 0 Å². The topological polar surface area (TPSA) is 83.6 Å². The normalized spacial score (nSPS) is 5.62. The summed E-state index contributed by atoms with van der Waals surface area (Å²) < 4.78 is 8.74. The van der Waals surface area contributed by atoms with Crippen LogP contribution in [0.25, 0.3) is 0 Å². The SMILES string of the molecule is C=C.CN.O=[PH](O)O. The summed E-state index contributed by atoms with van der Waals surface area (Å²) >= 11 is 0. The molecule has 0 radical (unpaired) electrons. The number of rotatable bonds is 0. The fourth-order valence-corrected chi connectivity index (χ4v) is 0. The molecule has 0 rings (SSSR count). The van der Waals surface area contributed by atoms with Crippen LogP contribution in [-0.2, 0) is 4.57 Å². The van der Waals surface area contributed by atoms with Crippen LogP contribution in [0.4, 0.5) is 0 Å². The van der Waals surface area contributed by atoms with Gasteiger partial charge in [-0.2, -0.15) is 0 Å². The van der Waals surface area contributed by atoms with E-state index in [9.17, 15) is 0 Å². The standard InChI is InChI=1S/C2H4.CH5N.H3O3P/c2*1-2;1-4(2)3/h1-2H2;2H2,1H3;4H,(H2,1,2,3).